The first-order valence-electron chi connectivity index (χ1n) is 13.2. The van der Waals surface area contributed by atoms with Crippen LogP contribution in [0.25, 0.3) is 22.1 Å². The predicted molar refractivity (Wildman–Crippen MR) is 158 cm³/mol. The van der Waals surface area contributed by atoms with E-state index >= 15 is 0 Å². The summed E-state index contributed by atoms with van der Waals surface area (Å²) in [4.78, 5) is 32.2. The molecule has 2 unspecified atom stereocenters. The monoisotopic (exact) mass is 530 g/mol. The fraction of sp³-hybridized carbons (Fsp3) is 0.194. The number of benzene rings is 2. The molecule has 6 aromatic rings. The number of rotatable bonds is 8. The second kappa shape index (κ2) is 10.3. The van der Waals surface area contributed by atoms with Gasteiger partial charge in [-0.3, -0.25) is 4.79 Å². The molecule has 0 saturated carbocycles. The number of aryl methyl sites for hydroxylation is 2. The zero-order valence-electron chi connectivity index (χ0n) is 22.8. The fourth-order valence-electron chi connectivity index (χ4n) is 4.78. The summed E-state index contributed by atoms with van der Waals surface area (Å²) in [5, 5.41) is 8.25. The Morgan fingerprint density at radius 3 is 1.45 bits per heavy atom. The molecule has 40 heavy (non-hydrogen) atoms. The Kier molecular flexibility index (Phi) is 6.47. The normalized spacial score (nSPS) is 12.9. The molecule has 0 fully saturated rings. The van der Waals surface area contributed by atoms with Gasteiger partial charge in [0.2, 0.25) is 11.9 Å². The average Bonchev–Trinajstić information content (AvgIpc) is 3.58. The predicted octanol–water partition coefficient (Wildman–Crippen LogP) is 6.67. The summed E-state index contributed by atoms with van der Waals surface area (Å²) in [7, 11) is 0. The van der Waals surface area contributed by atoms with Crippen molar-refractivity contribution in [1.82, 2.24) is 29.1 Å². The quantitative estimate of drug-likeness (QED) is 0.226. The number of carbonyl (C=O) groups is 1. The molecule has 0 aliphatic carbocycles. The standard InChI is InChI=1S/C31H30N8O/c1-19-5-9-25(10-6-19)34-30-32-17-23-13-15-38(28(23)36-30)21(3)27(40)22(4)39-16-14-24-18-33-31(37-29(24)39)35-26-11-7-20(2)8-12-26/h5-18,21-22H,1-4H3,(H,32,34,36)(H,33,35,37). The molecule has 4 heterocycles. The number of hydrogen-bond acceptors (Lipinski definition) is 7. The number of Topliss-reactive ketones (excluding diaryl/α,β-unsaturated/α-hetero) is 1. The van der Waals surface area contributed by atoms with E-state index in [0.29, 0.717) is 23.2 Å². The summed E-state index contributed by atoms with van der Waals surface area (Å²) in [6.07, 6.45) is 7.33. The van der Waals surface area contributed by atoms with Crippen molar-refractivity contribution in [3.8, 4) is 0 Å². The molecule has 0 spiro atoms. The van der Waals surface area contributed by atoms with Crippen molar-refractivity contribution in [2.45, 2.75) is 39.8 Å². The van der Waals surface area contributed by atoms with E-state index in [0.717, 1.165) is 22.1 Å². The average molecular weight is 531 g/mol. The second-order valence-corrected chi connectivity index (χ2v) is 10.1. The van der Waals surface area contributed by atoms with Crippen LogP contribution in [0, 0.1) is 13.8 Å². The van der Waals surface area contributed by atoms with Gasteiger partial charge in [-0.1, -0.05) is 35.4 Å². The number of nitrogens with one attached hydrogen (secondary N) is 2. The fourth-order valence-corrected chi connectivity index (χ4v) is 4.78. The van der Waals surface area contributed by atoms with Crippen molar-refractivity contribution in [3.63, 3.8) is 0 Å². The molecule has 200 valence electrons. The Bertz CT molecular complexity index is 1690. The molecular formula is C31H30N8O. The molecule has 0 saturated heterocycles. The highest BCUT2D eigenvalue weighted by molar-refractivity contribution is 5.90. The molecule has 0 amide bonds. The summed E-state index contributed by atoms with van der Waals surface area (Å²) < 4.78 is 3.81. The van der Waals surface area contributed by atoms with E-state index in [2.05, 4.69) is 20.6 Å². The van der Waals surface area contributed by atoms with Crippen LogP contribution < -0.4 is 10.6 Å². The van der Waals surface area contributed by atoms with Crippen molar-refractivity contribution in [3.05, 3.63) is 96.6 Å². The van der Waals surface area contributed by atoms with Gasteiger partial charge in [0.1, 0.15) is 11.3 Å². The van der Waals surface area contributed by atoms with Crippen molar-refractivity contribution >= 4 is 51.1 Å². The Balaban J connectivity index is 1.25. The van der Waals surface area contributed by atoms with Gasteiger partial charge in [-0.2, -0.15) is 9.97 Å². The van der Waals surface area contributed by atoms with E-state index in [1.165, 1.54) is 11.1 Å². The first kappa shape index (κ1) is 25.2. The lowest BCUT2D eigenvalue weighted by molar-refractivity contribution is -0.124. The van der Waals surface area contributed by atoms with Crippen LogP contribution in [0.1, 0.15) is 37.1 Å². The largest absolute Gasteiger partial charge is 0.324 e. The van der Waals surface area contributed by atoms with Gasteiger partial charge in [-0.05, 0) is 64.1 Å². The molecule has 9 heteroatoms. The van der Waals surface area contributed by atoms with Crippen LogP contribution in [0.3, 0.4) is 0 Å². The molecule has 4 aromatic heterocycles. The highest BCUT2D eigenvalue weighted by Gasteiger charge is 2.25. The minimum Gasteiger partial charge on any atom is -0.324 e. The zero-order valence-corrected chi connectivity index (χ0v) is 22.8. The Morgan fingerprint density at radius 2 is 1.05 bits per heavy atom. The Labute approximate surface area is 231 Å². The SMILES string of the molecule is Cc1ccc(Nc2ncc3ccn(C(C)C(=O)C(C)n4ccc5cnc(Nc6ccc(C)cc6)nc54)c3n2)cc1. The van der Waals surface area contributed by atoms with Crippen LogP contribution >= 0.6 is 0 Å². The van der Waals surface area contributed by atoms with Gasteiger partial charge >= 0.3 is 0 Å². The number of anilines is 4. The molecule has 0 aliphatic rings. The molecule has 0 bridgehead atoms. The van der Waals surface area contributed by atoms with Gasteiger partial charge in [-0.25, -0.2) is 9.97 Å². The number of ketones is 1. The lowest BCUT2D eigenvalue weighted by atomic mass is 10.1. The Hall–Kier alpha value is -5.05. The van der Waals surface area contributed by atoms with E-state index in [1.807, 2.05) is 110 Å². The lowest BCUT2D eigenvalue weighted by Gasteiger charge is -2.20. The van der Waals surface area contributed by atoms with Gasteiger partial charge in [0.05, 0.1) is 12.1 Å². The van der Waals surface area contributed by atoms with Gasteiger partial charge in [0, 0.05) is 46.9 Å². The minimum atomic E-state index is -0.459. The summed E-state index contributed by atoms with van der Waals surface area (Å²) in [6.45, 7) is 7.89. The van der Waals surface area contributed by atoms with Crippen LogP contribution in [-0.2, 0) is 4.79 Å². The molecule has 0 radical (unpaired) electrons. The first-order chi connectivity index (χ1) is 19.4. The summed E-state index contributed by atoms with van der Waals surface area (Å²) in [5.41, 5.74) is 5.55. The van der Waals surface area contributed by atoms with Crippen molar-refractivity contribution < 1.29 is 4.79 Å². The summed E-state index contributed by atoms with van der Waals surface area (Å²) >= 11 is 0. The second-order valence-electron chi connectivity index (χ2n) is 10.1. The zero-order chi connectivity index (χ0) is 27.8. The summed E-state index contributed by atoms with van der Waals surface area (Å²) in [5.74, 6) is 0.990. The molecule has 2 atom stereocenters. The van der Waals surface area contributed by atoms with E-state index in [4.69, 9.17) is 9.97 Å². The van der Waals surface area contributed by atoms with Gasteiger partial charge in [-0.15, -0.1) is 0 Å². The van der Waals surface area contributed by atoms with Gasteiger partial charge in [0.15, 0.2) is 5.78 Å². The highest BCUT2D eigenvalue weighted by Crippen LogP contribution is 2.27. The molecule has 2 aromatic carbocycles. The Morgan fingerprint density at radius 1 is 0.650 bits per heavy atom. The minimum absolute atomic E-state index is 0.0355. The number of aromatic nitrogens is 6. The van der Waals surface area contributed by atoms with E-state index < -0.39 is 12.1 Å². The number of hydrogen-bond donors (Lipinski definition) is 2. The van der Waals surface area contributed by atoms with Crippen LogP contribution in [0.15, 0.2) is 85.5 Å². The molecule has 0 aliphatic heterocycles. The first-order valence-corrected chi connectivity index (χ1v) is 13.2. The molecule has 9 nitrogen and oxygen atoms in total. The maximum Gasteiger partial charge on any atom is 0.229 e. The molecule has 2 N–H and O–H groups in total. The highest BCUT2D eigenvalue weighted by atomic mass is 16.1. The van der Waals surface area contributed by atoms with Gasteiger partial charge < -0.3 is 19.8 Å². The van der Waals surface area contributed by atoms with Crippen LogP contribution in [0.2, 0.25) is 0 Å². The maximum atomic E-state index is 13.8. The lowest BCUT2D eigenvalue weighted by Crippen LogP contribution is -2.25. The van der Waals surface area contributed by atoms with Crippen LogP contribution in [0.4, 0.5) is 23.3 Å². The topological polar surface area (TPSA) is 103 Å². The van der Waals surface area contributed by atoms with E-state index in [-0.39, 0.29) is 5.78 Å². The third-order valence-corrected chi connectivity index (χ3v) is 7.18. The molecular weight excluding hydrogens is 500 g/mol. The summed E-state index contributed by atoms with van der Waals surface area (Å²) in [6, 6.07) is 19.0. The molecule has 6 rings (SSSR count). The maximum absolute atomic E-state index is 13.8. The van der Waals surface area contributed by atoms with Crippen LogP contribution in [-0.4, -0.2) is 34.9 Å². The van der Waals surface area contributed by atoms with Gasteiger partial charge in [0.25, 0.3) is 0 Å². The van der Waals surface area contributed by atoms with Crippen molar-refractivity contribution in [2.24, 2.45) is 0 Å². The van der Waals surface area contributed by atoms with Crippen molar-refractivity contribution in [1.29, 1.82) is 0 Å². The van der Waals surface area contributed by atoms with Crippen LogP contribution in [0.5, 0.6) is 0 Å². The third-order valence-electron chi connectivity index (χ3n) is 7.18. The van der Waals surface area contributed by atoms with E-state index in [1.54, 1.807) is 12.4 Å². The van der Waals surface area contributed by atoms with Crippen molar-refractivity contribution in [2.75, 3.05) is 10.6 Å². The number of carbonyl (C=O) groups excluding carboxylic acids is 1. The number of nitrogens with zero attached hydrogens (tertiary/aromatic N) is 6. The smallest absolute Gasteiger partial charge is 0.229 e. The third kappa shape index (κ3) is 4.89. The number of fused-ring (bicyclic) bond motifs is 2. The van der Waals surface area contributed by atoms with E-state index in [9.17, 15) is 4.79 Å².